The Hall–Kier alpha value is -3.04. The number of hydrogen-bond acceptors (Lipinski definition) is 6. The quantitative estimate of drug-likeness (QED) is 0.501. The average Bonchev–Trinajstić information content (AvgIpc) is 3.04. The van der Waals surface area contributed by atoms with Gasteiger partial charge in [-0.3, -0.25) is 19.3 Å². The van der Waals surface area contributed by atoms with E-state index in [1.807, 2.05) is 13.8 Å². The van der Waals surface area contributed by atoms with Crippen LogP contribution in [0.5, 0.6) is 11.5 Å². The molecule has 0 radical (unpaired) electrons. The van der Waals surface area contributed by atoms with Gasteiger partial charge in [0.15, 0.2) is 11.5 Å². The van der Waals surface area contributed by atoms with Crippen LogP contribution in [-0.4, -0.2) is 41.7 Å². The van der Waals surface area contributed by atoms with Gasteiger partial charge < -0.3 is 14.8 Å². The van der Waals surface area contributed by atoms with E-state index >= 15 is 0 Å². The van der Waals surface area contributed by atoms with E-state index < -0.39 is 29.4 Å². The molecule has 2 aromatic carbocycles. The van der Waals surface area contributed by atoms with Gasteiger partial charge in [-0.05, 0) is 73.1 Å². The van der Waals surface area contributed by atoms with Crippen molar-refractivity contribution in [2.24, 2.45) is 0 Å². The highest BCUT2D eigenvalue weighted by molar-refractivity contribution is 8.18. The molecule has 174 valence electrons. The van der Waals surface area contributed by atoms with Crippen molar-refractivity contribution in [1.29, 1.82) is 0 Å². The van der Waals surface area contributed by atoms with Crippen molar-refractivity contribution in [2.45, 2.75) is 26.4 Å². The summed E-state index contributed by atoms with van der Waals surface area (Å²) in [6.45, 7) is 3.42. The molecule has 0 spiro atoms. The standard InChI is InChI=1S/C23H22ClFN2O5S/c1-4-13(2)32-21-17(24)9-14(10-18(21)31-3)11-19-22(29)27(23(30)33-19)12-20(28)26-16-7-5-15(25)6-8-16/h5-11,13H,4,12H2,1-3H3,(H,26,28)/b19-11-/t13-/m0/s1. The maximum Gasteiger partial charge on any atom is 0.294 e. The summed E-state index contributed by atoms with van der Waals surface area (Å²) in [5.74, 6) is -0.834. The van der Waals surface area contributed by atoms with Crippen molar-refractivity contribution in [1.82, 2.24) is 4.90 Å². The molecule has 1 atom stereocenters. The van der Waals surface area contributed by atoms with Gasteiger partial charge >= 0.3 is 0 Å². The highest BCUT2D eigenvalue weighted by Crippen LogP contribution is 2.39. The van der Waals surface area contributed by atoms with Gasteiger partial charge in [-0.25, -0.2) is 4.39 Å². The highest BCUT2D eigenvalue weighted by atomic mass is 35.5. The summed E-state index contributed by atoms with van der Waals surface area (Å²) in [6.07, 6.45) is 2.22. The number of anilines is 1. The normalized spacial score (nSPS) is 15.7. The Morgan fingerprint density at radius 1 is 1.27 bits per heavy atom. The third kappa shape index (κ3) is 6.06. The molecule has 0 saturated carbocycles. The van der Waals surface area contributed by atoms with Crippen LogP contribution in [0.1, 0.15) is 25.8 Å². The fourth-order valence-electron chi connectivity index (χ4n) is 2.89. The Kier molecular flexibility index (Phi) is 7.99. The molecule has 0 unspecified atom stereocenters. The lowest BCUT2D eigenvalue weighted by atomic mass is 10.1. The summed E-state index contributed by atoms with van der Waals surface area (Å²) in [7, 11) is 1.48. The van der Waals surface area contributed by atoms with Gasteiger partial charge in [0.1, 0.15) is 12.4 Å². The second-order valence-corrected chi connectivity index (χ2v) is 8.59. The van der Waals surface area contributed by atoms with Gasteiger partial charge in [0.05, 0.1) is 23.1 Å². The largest absolute Gasteiger partial charge is 0.493 e. The second-order valence-electron chi connectivity index (χ2n) is 7.19. The first kappa shape index (κ1) is 24.6. The number of rotatable bonds is 8. The number of benzene rings is 2. The first-order chi connectivity index (χ1) is 15.7. The Morgan fingerprint density at radius 2 is 1.97 bits per heavy atom. The monoisotopic (exact) mass is 492 g/mol. The highest BCUT2D eigenvalue weighted by Gasteiger charge is 2.36. The first-order valence-electron chi connectivity index (χ1n) is 10.1. The number of nitrogens with zero attached hydrogens (tertiary/aromatic N) is 1. The minimum atomic E-state index is -0.603. The number of amides is 3. The van der Waals surface area contributed by atoms with Crippen molar-refractivity contribution < 1.29 is 28.2 Å². The predicted octanol–water partition coefficient (Wildman–Crippen LogP) is 5.34. The number of hydrogen-bond donors (Lipinski definition) is 1. The molecule has 0 bridgehead atoms. The van der Waals surface area contributed by atoms with E-state index in [0.29, 0.717) is 27.8 Å². The number of methoxy groups -OCH3 is 1. The minimum absolute atomic E-state index is 0.0696. The van der Waals surface area contributed by atoms with E-state index in [2.05, 4.69) is 5.32 Å². The number of carbonyl (C=O) groups excluding carboxylic acids is 3. The van der Waals surface area contributed by atoms with Crippen molar-refractivity contribution in [3.8, 4) is 11.5 Å². The van der Waals surface area contributed by atoms with Crippen LogP contribution in [0.25, 0.3) is 6.08 Å². The molecule has 1 aliphatic rings. The van der Waals surface area contributed by atoms with Gasteiger partial charge in [-0.15, -0.1) is 0 Å². The lowest BCUT2D eigenvalue weighted by molar-refractivity contribution is -0.127. The molecule has 1 aliphatic heterocycles. The molecule has 7 nitrogen and oxygen atoms in total. The van der Waals surface area contributed by atoms with E-state index in [4.69, 9.17) is 21.1 Å². The van der Waals surface area contributed by atoms with Crippen LogP contribution in [0.2, 0.25) is 5.02 Å². The Bertz CT molecular complexity index is 1110. The number of ether oxygens (including phenoxy) is 2. The third-order valence-electron chi connectivity index (χ3n) is 4.75. The Morgan fingerprint density at radius 3 is 2.61 bits per heavy atom. The fourth-order valence-corrected chi connectivity index (χ4v) is 3.99. The molecule has 1 N–H and O–H groups in total. The van der Waals surface area contributed by atoms with Crippen LogP contribution < -0.4 is 14.8 Å². The minimum Gasteiger partial charge on any atom is -0.493 e. The van der Waals surface area contributed by atoms with Crippen molar-refractivity contribution in [3.63, 3.8) is 0 Å². The Labute approximate surface area is 199 Å². The van der Waals surface area contributed by atoms with Crippen LogP contribution in [0.4, 0.5) is 14.9 Å². The number of nitrogens with one attached hydrogen (secondary N) is 1. The van der Waals surface area contributed by atoms with E-state index in [0.717, 1.165) is 23.1 Å². The van der Waals surface area contributed by atoms with Crippen LogP contribution in [0.3, 0.4) is 0 Å². The zero-order chi connectivity index (χ0) is 24.1. The van der Waals surface area contributed by atoms with E-state index in [1.54, 1.807) is 12.1 Å². The van der Waals surface area contributed by atoms with Crippen LogP contribution >= 0.6 is 23.4 Å². The second kappa shape index (κ2) is 10.7. The summed E-state index contributed by atoms with van der Waals surface area (Å²) >= 11 is 7.09. The summed E-state index contributed by atoms with van der Waals surface area (Å²) in [4.78, 5) is 38.3. The van der Waals surface area contributed by atoms with Crippen LogP contribution in [-0.2, 0) is 9.59 Å². The molecule has 10 heteroatoms. The lowest BCUT2D eigenvalue weighted by Crippen LogP contribution is -2.36. The molecule has 3 amide bonds. The zero-order valence-corrected chi connectivity index (χ0v) is 19.8. The summed E-state index contributed by atoms with van der Waals surface area (Å²) in [5.41, 5.74) is 0.889. The van der Waals surface area contributed by atoms with Crippen LogP contribution in [0, 0.1) is 5.82 Å². The number of imide groups is 1. The maximum absolute atomic E-state index is 13.0. The van der Waals surface area contributed by atoms with Crippen molar-refractivity contribution >= 4 is 52.2 Å². The fraction of sp³-hybridized carbons (Fsp3) is 0.261. The van der Waals surface area contributed by atoms with Crippen LogP contribution in [0.15, 0.2) is 41.3 Å². The topological polar surface area (TPSA) is 84.9 Å². The van der Waals surface area contributed by atoms with Gasteiger partial charge in [-0.2, -0.15) is 0 Å². The molecule has 2 aromatic rings. The van der Waals surface area contributed by atoms with Gasteiger partial charge in [0.2, 0.25) is 5.91 Å². The summed E-state index contributed by atoms with van der Waals surface area (Å²) < 4.78 is 24.2. The Balaban J connectivity index is 1.75. The molecular weight excluding hydrogens is 471 g/mol. The molecule has 33 heavy (non-hydrogen) atoms. The van der Waals surface area contributed by atoms with Gasteiger partial charge in [-0.1, -0.05) is 18.5 Å². The molecule has 1 fully saturated rings. The number of carbonyl (C=O) groups is 3. The maximum atomic E-state index is 13.0. The average molecular weight is 493 g/mol. The van der Waals surface area contributed by atoms with Gasteiger partial charge in [0.25, 0.3) is 11.1 Å². The predicted molar refractivity (Wildman–Crippen MR) is 126 cm³/mol. The zero-order valence-electron chi connectivity index (χ0n) is 18.2. The molecule has 1 saturated heterocycles. The van der Waals surface area contributed by atoms with E-state index in [1.165, 1.54) is 37.5 Å². The van der Waals surface area contributed by atoms with E-state index in [-0.39, 0.29) is 11.0 Å². The smallest absolute Gasteiger partial charge is 0.294 e. The first-order valence-corrected chi connectivity index (χ1v) is 11.3. The molecule has 3 rings (SSSR count). The van der Waals surface area contributed by atoms with Crippen molar-refractivity contribution in [2.75, 3.05) is 19.0 Å². The lowest BCUT2D eigenvalue weighted by Gasteiger charge is -2.17. The molecular formula is C23H22ClFN2O5S. The summed E-state index contributed by atoms with van der Waals surface area (Å²) in [6, 6.07) is 8.41. The van der Waals surface area contributed by atoms with Crippen molar-refractivity contribution in [3.05, 3.63) is 57.7 Å². The molecule has 0 aliphatic carbocycles. The SMILES string of the molecule is CC[C@H](C)Oc1c(Cl)cc(/C=C2\SC(=O)N(CC(=O)Nc3ccc(F)cc3)C2=O)cc1OC. The molecule has 1 heterocycles. The summed E-state index contributed by atoms with van der Waals surface area (Å²) in [5, 5.41) is 2.25. The third-order valence-corrected chi connectivity index (χ3v) is 5.93. The van der Waals surface area contributed by atoms with E-state index in [9.17, 15) is 18.8 Å². The number of halogens is 2. The molecule has 0 aromatic heterocycles. The number of thioether (sulfide) groups is 1. The van der Waals surface area contributed by atoms with Gasteiger partial charge in [0, 0.05) is 5.69 Å².